The number of hydrogen-bond donors (Lipinski definition) is 1. The third-order valence-electron chi connectivity index (χ3n) is 6.08. The largest absolute Gasteiger partial charge is 0.390 e. The molecule has 1 aliphatic carbocycles. The van der Waals surface area contributed by atoms with Gasteiger partial charge in [-0.1, -0.05) is 42.5 Å². The van der Waals surface area contributed by atoms with E-state index in [9.17, 15) is 9.50 Å². The normalized spacial score (nSPS) is 25.7. The number of aryl methyl sites for hydroxylation is 1. The Morgan fingerprint density at radius 1 is 1.04 bits per heavy atom. The Balaban J connectivity index is 1.65. The van der Waals surface area contributed by atoms with E-state index in [4.69, 9.17) is 0 Å². The van der Waals surface area contributed by atoms with Gasteiger partial charge in [0.25, 0.3) is 0 Å². The van der Waals surface area contributed by atoms with Gasteiger partial charge in [-0.2, -0.15) is 0 Å². The highest BCUT2D eigenvalue weighted by atomic mass is 19.1. The van der Waals surface area contributed by atoms with E-state index in [0.717, 1.165) is 45.1 Å². The first-order valence-electron chi connectivity index (χ1n) is 10.1. The summed E-state index contributed by atoms with van der Waals surface area (Å²) < 4.78 is 13.2. The van der Waals surface area contributed by atoms with Gasteiger partial charge in [0.2, 0.25) is 0 Å². The quantitative estimate of drug-likeness (QED) is 0.764. The summed E-state index contributed by atoms with van der Waals surface area (Å²) >= 11 is 0. The first-order valence-corrected chi connectivity index (χ1v) is 10.1. The molecule has 3 rings (SSSR count). The minimum Gasteiger partial charge on any atom is -0.390 e. The molecule has 0 aliphatic heterocycles. The highest BCUT2D eigenvalue weighted by Gasteiger charge is 2.41. The maximum absolute atomic E-state index is 13.2. The molecule has 2 aromatic carbocycles. The molecule has 1 N–H and O–H groups in total. The second-order valence-electron chi connectivity index (χ2n) is 8.52. The van der Waals surface area contributed by atoms with Gasteiger partial charge < -0.3 is 10.0 Å². The fourth-order valence-corrected chi connectivity index (χ4v) is 4.56. The van der Waals surface area contributed by atoms with Crippen molar-refractivity contribution in [2.45, 2.75) is 44.1 Å². The zero-order chi connectivity index (χ0) is 19.3. The summed E-state index contributed by atoms with van der Waals surface area (Å²) in [4.78, 5) is 2.19. The number of halogens is 1. The first-order chi connectivity index (χ1) is 12.9. The average Bonchev–Trinajstić information content (AvgIpc) is 2.65. The Kier molecular flexibility index (Phi) is 6.67. The van der Waals surface area contributed by atoms with E-state index in [1.807, 2.05) is 18.2 Å². The monoisotopic (exact) mass is 369 g/mol. The molecule has 2 aromatic rings. The van der Waals surface area contributed by atoms with Gasteiger partial charge in [-0.15, -0.1) is 0 Å². The summed E-state index contributed by atoms with van der Waals surface area (Å²) in [7, 11) is 4.17. The van der Waals surface area contributed by atoms with Crippen molar-refractivity contribution < 1.29 is 9.50 Å². The van der Waals surface area contributed by atoms with E-state index in [2.05, 4.69) is 43.3 Å². The van der Waals surface area contributed by atoms with E-state index in [0.29, 0.717) is 5.92 Å². The summed E-state index contributed by atoms with van der Waals surface area (Å²) in [5.41, 5.74) is 1.89. The third-order valence-corrected chi connectivity index (χ3v) is 6.08. The second kappa shape index (κ2) is 8.99. The summed E-state index contributed by atoms with van der Waals surface area (Å²) in [6.45, 7) is 0.908. The molecule has 0 saturated heterocycles. The van der Waals surface area contributed by atoms with E-state index < -0.39 is 5.60 Å². The van der Waals surface area contributed by atoms with Crippen LogP contribution in [0.25, 0.3) is 0 Å². The zero-order valence-electron chi connectivity index (χ0n) is 16.6. The molecule has 0 heterocycles. The minimum atomic E-state index is -0.598. The van der Waals surface area contributed by atoms with Gasteiger partial charge in [0.15, 0.2) is 0 Å². The van der Waals surface area contributed by atoms with Gasteiger partial charge in [-0.05, 0) is 81.8 Å². The van der Waals surface area contributed by atoms with Crippen molar-refractivity contribution in [2.24, 2.45) is 11.8 Å². The van der Waals surface area contributed by atoms with Gasteiger partial charge in [0.1, 0.15) is 5.82 Å². The van der Waals surface area contributed by atoms with Crippen molar-refractivity contribution in [3.8, 4) is 0 Å². The van der Waals surface area contributed by atoms with Crippen LogP contribution in [0.15, 0.2) is 54.6 Å². The number of benzene rings is 2. The van der Waals surface area contributed by atoms with Crippen LogP contribution in [0.5, 0.6) is 0 Å². The SMILES string of the molecule is CN(C)CC1CC(Cc2ccc(F)cc2)CCC1(O)CCc1ccccc1. The molecule has 1 saturated carbocycles. The zero-order valence-corrected chi connectivity index (χ0v) is 16.6. The lowest BCUT2D eigenvalue weighted by atomic mass is 9.67. The van der Waals surface area contributed by atoms with Crippen LogP contribution >= 0.6 is 0 Å². The molecule has 146 valence electrons. The molecule has 2 nitrogen and oxygen atoms in total. The topological polar surface area (TPSA) is 23.5 Å². The van der Waals surface area contributed by atoms with E-state index in [1.165, 1.54) is 11.1 Å². The average molecular weight is 370 g/mol. The number of nitrogens with zero attached hydrogens (tertiary/aromatic N) is 1. The van der Waals surface area contributed by atoms with Gasteiger partial charge in [-0.3, -0.25) is 0 Å². The Morgan fingerprint density at radius 3 is 2.41 bits per heavy atom. The highest BCUT2D eigenvalue weighted by Crippen LogP contribution is 2.41. The highest BCUT2D eigenvalue weighted by molar-refractivity contribution is 5.18. The smallest absolute Gasteiger partial charge is 0.123 e. The van der Waals surface area contributed by atoms with Crippen LogP contribution in [0.4, 0.5) is 4.39 Å². The second-order valence-corrected chi connectivity index (χ2v) is 8.52. The first kappa shape index (κ1) is 20.0. The lowest BCUT2D eigenvalue weighted by Gasteiger charge is -2.44. The molecule has 27 heavy (non-hydrogen) atoms. The van der Waals surface area contributed by atoms with Crippen molar-refractivity contribution in [2.75, 3.05) is 20.6 Å². The Labute approximate surface area is 163 Å². The molecular formula is C24H32FNO. The van der Waals surface area contributed by atoms with Crippen LogP contribution in [-0.2, 0) is 12.8 Å². The van der Waals surface area contributed by atoms with Crippen LogP contribution in [-0.4, -0.2) is 36.2 Å². The van der Waals surface area contributed by atoms with Crippen molar-refractivity contribution in [3.63, 3.8) is 0 Å². The maximum Gasteiger partial charge on any atom is 0.123 e. The molecule has 3 heteroatoms. The molecule has 3 unspecified atom stereocenters. The molecule has 3 atom stereocenters. The Morgan fingerprint density at radius 2 is 1.74 bits per heavy atom. The fourth-order valence-electron chi connectivity index (χ4n) is 4.56. The Bertz CT molecular complexity index is 700. The van der Waals surface area contributed by atoms with Gasteiger partial charge in [-0.25, -0.2) is 4.39 Å². The van der Waals surface area contributed by atoms with E-state index in [-0.39, 0.29) is 11.7 Å². The minimum absolute atomic E-state index is 0.178. The summed E-state index contributed by atoms with van der Waals surface area (Å²) in [5.74, 6) is 0.649. The Hall–Kier alpha value is -1.71. The number of rotatable bonds is 7. The predicted molar refractivity (Wildman–Crippen MR) is 109 cm³/mol. The van der Waals surface area contributed by atoms with Crippen LogP contribution in [0.3, 0.4) is 0 Å². The van der Waals surface area contributed by atoms with Crippen LogP contribution in [0, 0.1) is 17.7 Å². The predicted octanol–water partition coefficient (Wildman–Crippen LogP) is 4.71. The summed E-state index contributed by atoms with van der Waals surface area (Å²) in [6, 6.07) is 17.3. The van der Waals surface area contributed by atoms with Crippen LogP contribution < -0.4 is 0 Å². The molecule has 1 fully saturated rings. The number of aliphatic hydroxyl groups is 1. The molecule has 0 bridgehead atoms. The third kappa shape index (κ3) is 5.63. The molecular weight excluding hydrogens is 337 g/mol. The van der Waals surface area contributed by atoms with Crippen molar-refractivity contribution >= 4 is 0 Å². The lowest BCUT2D eigenvalue weighted by molar-refractivity contribution is -0.0746. The van der Waals surface area contributed by atoms with Gasteiger partial charge >= 0.3 is 0 Å². The fraction of sp³-hybridized carbons (Fsp3) is 0.500. The lowest BCUT2D eigenvalue weighted by Crippen LogP contribution is -2.47. The van der Waals surface area contributed by atoms with Gasteiger partial charge in [0, 0.05) is 12.5 Å². The van der Waals surface area contributed by atoms with Gasteiger partial charge in [0.05, 0.1) is 5.60 Å². The molecule has 0 amide bonds. The number of hydrogen-bond acceptors (Lipinski definition) is 2. The molecule has 1 aliphatic rings. The van der Waals surface area contributed by atoms with Crippen molar-refractivity contribution in [1.82, 2.24) is 4.90 Å². The van der Waals surface area contributed by atoms with Crippen LogP contribution in [0.1, 0.15) is 36.8 Å². The van der Waals surface area contributed by atoms with E-state index >= 15 is 0 Å². The summed E-state index contributed by atoms with van der Waals surface area (Å²) in [5, 5.41) is 11.5. The van der Waals surface area contributed by atoms with Crippen LogP contribution in [0.2, 0.25) is 0 Å². The molecule has 0 aromatic heterocycles. The van der Waals surface area contributed by atoms with Crippen molar-refractivity contribution in [1.29, 1.82) is 0 Å². The molecule has 0 radical (unpaired) electrons. The van der Waals surface area contributed by atoms with E-state index in [1.54, 1.807) is 12.1 Å². The standard InChI is InChI=1S/C24H32FNO/c1-26(2)18-22-17-21(16-20-8-10-23(25)11-9-20)13-15-24(22,27)14-12-19-6-4-3-5-7-19/h3-11,21-22,27H,12-18H2,1-2H3. The summed E-state index contributed by atoms with van der Waals surface area (Å²) in [6.07, 6.45) is 5.62. The maximum atomic E-state index is 13.2. The van der Waals surface area contributed by atoms with Crippen molar-refractivity contribution in [3.05, 3.63) is 71.5 Å². The molecule has 0 spiro atoms.